The number of hydrogen-bond donors (Lipinski definition) is 1. The molecule has 0 amide bonds. The number of nitrogens with two attached hydrogens (primary N) is 1. The Hall–Kier alpha value is -1.73. The van der Waals surface area contributed by atoms with Gasteiger partial charge in [0.1, 0.15) is 0 Å². The van der Waals surface area contributed by atoms with Gasteiger partial charge in [-0.2, -0.15) is 4.31 Å². The van der Waals surface area contributed by atoms with Crippen molar-refractivity contribution < 1.29 is 13.2 Å². The summed E-state index contributed by atoms with van der Waals surface area (Å²) in [6.45, 7) is 2.73. The van der Waals surface area contributed by atoms with E-state index in [-0.39, 0.29) is 47.2 Å². The zero-order chi connectivity index (χ0) is 18.7. The van der Waals surface area contributed by atoms with Gasteiger partial charge in [0, 0.05) is 30.3 Å². The normalized spacial score (nSPS) is 20.7. The maximum Gasteiger partial charge on any atom is 0.244 e. The molecule has 146 valence electrons. The number of piperidine rings is 1. The fraction of sp³-hybridized carbons (Fsp3) is 0.350. The third-order valence-electron chi connectivity index (χ3n) is 5.06. The molecule has 0 spiro atoms. The van der Waals surface area contributed by atoms with Gasteiger partial charge >= 0.3 is 0 Å². The molecule has 3 rings (SSSR count). The first-order chi connectivity index (χ1) is 12.5. The number of rotatable bonds is 5. The molecule has 1 heterocycles. The van der Waals surface area contributed by atoms with Crippen LogP contribution in [0.2, 0.25) is 0 Å². The van der Waals surface area contributed by atoms with E-state index >= 15 is 0 Å². The van der Waals surface area contributed by atoms with Gasteiger partial charge in [0.25, 0.3) is 0 Å². The van der Waals surface area contributed by atoms with Gasteiger partial charge in [-0.3, -0.25) is 4.79 Å². The highest BCUT2D eigenvalue weighted by molar-refractivity contribution is 7.89. The summed E-state index contributed by atoms with van der Waals surface area (Å²) in [5.74, 6) is -0.0976. The van der Waals surface area contributed by atoms with Crippen LogP contribution < -0.4 is 5.73 Å². The number of nitrogens with zero attached hydrogens (tertiary/aromatic N) is 1. The third-order valence-corrected chi connectivity index (χ3v) is 7.04. The van der Waals surface area contributed by atoms with E-state index in [1.807, 2.05) is 13.0 Å². The summed E-state index contributed by atoms with van der Waals surface area (Å²) < 4.78 is 28.2. The zero-order valence-corrected chi connectivity index (χ0v) is 16.9. The second kappa shape index (κ2) is 8.97. The number of hydrogen-bond acceptors (Lipinski definition) is 4. The van der Waals surface area contributed by atoms with Crippen LogP contribution in [0.5, 0.6) is 0 Å². The third kappa shape index (κ3) is 4.24. The Labute approximate surface area is 167 Å². The fourth-order valence-electron chi connectivity index (χ4n) is 3.61. The molecule has 2 aromatic rings. The summed E-state index contributed by atoms with van der Waals surface area (Å²) in [7, 11) is -3.81. The minimum Gasteiger partial charge on any atom is -0.329 e. The summed E-state index contributed by atoms with van der Waals surface area (Å²) in [5.41, 5.74) is 6.55. The van der Waals surface area contributed by atoms with Crippen LogP contribution in [0.15, 0.2) is 59.5 Å². The molecule has 1 fully saturated rings. The molecule has 5 nitrogen and oxygen atoms in total. The maximum absolute atomic E-state index is 13.4. The molecular formula is C20H25ClN2O3S. The lowest BCUT2D eigenvalue weighted by atomic mass is 9.93. The van der Waals surface area contributed by atoms with Crippen LogP contribution in [-0.2, 0) is 10.0 Å². The molecular weight excluding hydrogens is 384 g/mol. The first-order valence-electron chi connectivity index (χ1n) is 8.87. The second-order valence-corrected chi connectivity index (χ2v) is 8.59. The molecule has 0 aromatic heterocycles. The van der Waals surface area contributed by atoms with E-state index in [2.05, 4.69) is 0 Å². The van der Waals surface area contributed by atoms with E-state index in [1.54, 1.807) is 42.5 Å². The van der Waals surface area contributed by atoms with Gasteiger partial charge in [0.15, 0.2) is 5.78 Å². The maximum atomic E-state index is 13.4. The Bertz CT molecular complexity index is 887. The predicted molar refractivity (Wildman–Crippen MR) is 109 cm³/mol. The minimum atomic E-state index is -3.81. The van der Waals surface area contributed by atoms with Crippen LogP contribution >= 0.6 is 12.4 Å². The molecule has 27 heavy (non-hydrogen) atoms. The highest BCUT2D eigenvalue weighted by atomic mass is 35.5. The van der Waals surface area contributed by atoms with Crippen LogP contribution in [0.1, 0.15) is 35.7 Å². The van der Waals surface area contributed by atoms with Crippen molar-refractivity contribution >= 4 is 28.2 Å². The van der Waals surface area contributed by atoms with Crippen molar-refractivity contribution in [1.82, 2.24) is 4.31 Å². The molecule has 2 atom stereocenters. The van der Waals surface area contributed by atoms with E-state index in [1.165, 1.54) is 10.4 Å². The molecule has 0 saturated carbocycles. The zero-order valence-electron chi connectivity index (χ0n) is 15.2. The molecule has 2 aromatic carbocycles. The lowest BCUT2D eigenvalue weighted by molar-refractivity contribution is 0.103. The van der Waals surface area contributed by atoms with Crippen LogP contribution in [0.4, 0.5) is 0 Å². The SMILES string of the molecule is CC1CCCN(S(=O)(=O)c2ccccc2C(=O)c2ccccc2)C1CN.Cl. The van der Waals surface area contributed by atoms with E-state index in [9.17, 15) is 13.2 Å². The first-order valence-corrected chi connectivity index (χ1v) is 10.3. The summed E-state index contributed by atoms with van der Waals surface area (Å²) in [6.07, 6.45) is 1.75. The number of ketones is 1. The Morgan fingerprint density at radius 2 is 1.74 bits per heavy atom. The molecule has 0 bridgehead atoms. The molecule has 0 aliphatic carbocycles. The van der Waals surface area contributed by atoms with Crippen molar-refractivity contribution in [3.8, 4) is 0 Å². The molecule has 7 heteroatoms. The van der Waals surface area contributed by atoms with Crippen LogP contribution in [0.25, 0.3) is 0 Å². The Morgan fingerprint density at radius 3 is 2.41 bits per heavy atom. The van der Waals surface area contributed by atoms with Crippen LogP contribution in [-0.4, -0.2) is 37.6 Å². The van der Waals surface area contributed by atoms with Gasteiger partial charge in [-0.1, -0.05) is 49.4 Å². The van der Waals surface area contributed by atoms with E-state index in [0.717, 1.165) is 12.8 Å². The van der Waals surface area contributed by atoms with Gasteiger partial charge in [-0.15, -0.1) is 12.4 Å². The topological polar surface area (TPSA) is 80.5 Å². The molecule has 1 saturated heterocycles. The standard InChI is InChI=1S/C20H24N2O3S.ClH/c1-15-8-7-13-22(18(15)14-21)26(24,25)19-12-6-5-11-17(19)20(23)16-9-3-2-4-10-16;/h2-6,9-12,15,18H,7-8,13-14,21H2,1H3;1H. The van der Waals surface area contributed by atoms with Crippen molar-refractivity contribution in [1.29, 1.82) is 0 Å². The van der Waals surface area contributed by atoms with Crippen LogP contribution in [0.3, 0.4) is 0 Å². The van der Waals surface area contributed by atoms with Gasteiger partial charge in [-0.05, 0) is 30.9 Å². The van der Waals surface area contributed by atoms with Gasteiger partial charge < -0.3 is 5.73 Å². The monoisotopic (exact) mass is 408 g/mol. The quantitative estimate of drug-likeness (QED) is 0.771. The van der Waals surface area contributed by atoms with Gasteiger partial charge in [0.05, 0.1) is 4.90 Å². The Morgan fingerprint density at radius 1 is 1.11 bits per heavy atom. The first kappa shape index (κ1) is 21.6. The molecule has 0 radical (unpaired) electrons. The largest absolute Gasteiger partial charge is 0.329 e. The molecule has 1 aliphatic rings. The number of halogens is 1. The van der Waals surface area contributed by atoms with Crippen molar-refractivity contribution in [3.05, 3.63) is 65.7 Å². The van der Waals surface area contributed by atoms with Crippen molar-refractivity contribution in [2.24, 2.45) is 11.7 Å². The molecule has 1 aliphatic heterocycles. The molecule has 2 unspecified atom stereocenters. The van der Waals surface area contributed by atoms with Crippen molar-refractivity contribution in [2.75, 3.05) is 13.1 Å². The smallest absolute Gasteiger partial charge is 0.244 e. The minimum absolute atomic E-state index is 0. The molecule has 2 N–H and O–H groups in total. The summed E-state index contributed by atoms with van der Waals surface area (Å²) in [5, 5.41) is 0. The van der Waals surface area contributed by atoms with Gasteiger partial charge in [-0.25, -0.2) is 8.42 Å². The highest BCUT2D eigenvalue weighted by Gasteiger charge is 2.38. The Balaban J connectivity index is 0.00000261. The van der Waals surface area contributed by atoms with E-state index < -0.39 is 10.0 Å². The number of carbonyl (C=O) groups is 1. The summed E-state index contributed by atoms with van der Waals surface area (Å²) >= 11 is 0. The average molecular weight is 409 g/mol. The van der Waals surface area contributed by atoms with Crippen molar-refractivity contribution in [2.45, 2.75) is 30.7 Å². The van der Waals surface area contributed by atoms with Gasteiger partial charge in [0.2, 0.25) is 10.0 Å². The second-order valence-electron chi connectivity index (χ2n) is 6.73. The fourth-order valence-corrected chi connectivity index (χ4v) is 5.57. The summed E-state index contributed by atoms with van der Waals surface area (Å²) in [4.78, 5) is 13.0. The average Bonchev–Trinajstić information content (AvgIpc) is 2.68. The number of carbonyl (C=O) groups excluding carboxylic acids is 1. The lowest BCUT2D eigenvalue weighted by Gasteiger charge is -2.38. The highest BCUT2D eigenvalue weighted by Crippen LogP contribution is 2.30. The lowest BCUT2D eigenvalue weighted by Crippen LogP contribution is -2.51. The predicted octanol–water partition coefficient (Wildman–Crippen LogP) is 3.09. The Kier molecular flexibility index (Phi) is 7.17. The van der Waals surface area contributed by atoms with Crippen LogP contribution in [0, 0.1) is 5.92 Å². The number of sulfonamides is 1. The van der Waals surface area contributed by atoms with Crippen molar-refractivity contribution in [3.63, 3.8) is 0 Å². The van der Waals surface area contributed by atoms with E-state index in [4.69, 9.17) is 5.73 Å². The number of benzene rings is 2. The van der Waals surface area contributed by atoms with E-state index in [0.29, 0.717) is 12.1 Å². The summed E-state index contributed by atoms with van der Waals surface area (Å²) in [6, 6.07) is 14.9.